The first kappa shape index (κ1) is 24.5. The molecule has 36 heavy (non-hydrogen) atoms. The molecule has 0 atom stereocenters. The molecule has 1 N–H and O–H groups in total. The number of ether oxygens (including phenoxy) is 2. The third kappa shape index (κ3) is 6.48. The first-order chi connectivity index (χ1) is 17.5. The molecule has 0 fully saturated rings. The van der Waals surface area contributed by atoms with Crippen molar-refractivity contribution in [1.82, 2.24) is 0 Å². The summed E-state index contributed by atoms with van der Waals surface area (Å²) in [7, 11) is 1.62. The number of carbonyl (C=O) groups excluding carboxylic acids is 2. The lowest BCUT2D eigenvalue weighted by molar-refractivity contribution is -0.131. The van der Waals surface area contributed by atoms with Crippen LogP contribution < -0.4 is 14.8 Å². The lowest BCUT2D eigenvalue weighted by Gasteiger charge is -2.14. The van der Waals surface area contributed by atoms with E-state index in [1.54, 1.807) is 19.2 Å². The van der Waals surface area contributed by atoms with Gasteiger partial charge in [-0.1, -0.05) is 78.9 Å². The fourth-order valence-electron chi connectivity index (χ4n) is 3.84. The van der Waals surface area contributed by atoms with Crippen molar-refractivity contribution < 1.29 is 19.1 Å². The maximum Gasteiger partial charge on any atom is 0.308 e. The summed E-state index contributed by atoms with van der Waals surface area (Å²) in [5, 5.41) is 3.07. The maximum atomic E-state index is 12.8. The number of para-hydroxylation sites is 1. The molecule has 0 bridgehead atoms. The Morgan fingerprint density at radius 1 is 0.750 bits per heavy atom. The summed E-state index contributed by atoms with van der Waals surface area (Å²) < 4.78 is 10.3. The van der Waals surface area contributed by atoms with Crippen molar-refractivity contribution in [3.05, 3.63) is 114 Å². The molecule has 0 saturated carbocycles. The zero-order valence-corrected chi connectivity index (χ0v) is 20.2. The fraction of sp³-hybridized carbons (Fsp3) is 0.0968. The number of hydrogen-bond donors (Lipinski definition) is 1. The molecule has 4 aromatic carbocycles. The third-order valence-electron chi connectivity index (χ3n) is 5.57. The van der Waals surface area contributed by atoms with Gasteiger partial charge in [-0.15, -0.1) is 0 Å². The Morgan fingerprint density at radius 2 is 1.39 bits per heavy atom. The number of rotatable bonds is 8. The highest BCUT2D eigenvalue weighted by Gasteiger charge is 2.11. The van der Waals surface area contributed by atoms with Crippen LogP contribution in [0.1, 0.15) is 23.6 Å². The first-order valence-electron chi connectivity index (χ1n) is 11.6. The van der Waals surface area contributed by atoms with Gasteiger partial charge in [0.15, 0.2) is 0 Å². The first-order valence-corrected chi connectivity index (χ1v) is 11.6. The van der Waals surface area contributed by atoms with E-state index in [-0.39, 0.29) is 18.3 Å². The quantitative estimate of drug-likeness (QED) is 0.176. The Hall–Kier alpha value is -4.64. The Morgan fingerprint density at radius 3 is 2.08 bits per heavy atom. The van der Waals surface area contributed by atoms with E-state index < -0.39 is 0 Å². The van der Waals surface area contributed by atoms with Crippen LogP contribution in [0.3, 0.4) is 0 Å². The minimum atomic E-state index is -0.345. The molecule has 0 heterocycles. The van der Waals surface area contributed by atoms with Crippen LogP contribution in [0.2, 0.25) is 0 Å². The van der Waals surface area contributed by atoms with Crippen LogP contribution in [0.15, 0.2) is 97.1 Å². The molecule has 0 aliphatic heterocycles. The largest absolute Gasteiger partial charge is 0.497 e. The summed E-state index contributed by atoms with van der Waals surface area (Å²) >= 11 is 0. The summed E-state index contributed by atoms with van der Waals surface area (Å²) in [4.78, 5) is 23.9. The second kappa shape index (κ2) is 11.7. The SMILES string of the molecule is COc1ccc(CC(=O)Nc2ccccc2-c2ccccc2C=Cc2ccc(OC(C)=O)cc2)cc1. The van der Waals surface area contributed by atoms with Gasteiger partial charge in [0.2, 0.25) is 5.91 Å². The van der Waals surface area contributed by atoms with Crippen LogP contribution in [-0.4, -0.2) is 19.0 Å². The van der Waals surface area contributed by atoms with Crippen LogP contribution in [0.25, 0.3) is 23.3 Å². The van der Waals surface area contributed by atoms with Gasteiger partial charge in [0.1, 0.15) is 11.5 Å². The van der Waals surface area contributed by atoms with Gasteiger partial charge in [0.05, 0.1) is 13.5 Å². The topological polar surface area (TPSA) is 64.6 Å². The van der Waals surface area contributed by atoms with Crippen LogP contribution in [0.5, 0.6) is 11.5 Å². The van der Waals surface area contributed by atoms with E-state index in [0.29, 0.717) is 5.75 Å². The molecule has 1 amide bonds. The van der Waals surface area contributed by atoms with E-state index >= 15 is 0 Å². The Bertz CT molecular complexity index is 1370. The summed E-state index contributed by atoms with van der Waals surface area (Å²) in [5.74, 6) is 0.837. The number of carbonyl (C=O) groups is 2. The average molecular weight is 478 g/mol. The molecule has 5 heteroatoms. The van der Waals surface area contributed by atoms with Gasteiger partial charge in [-0.05, 0) is 52.6 Å². The van der Waals surface area contributed by atoms with E-state index in [2.05, 4.69) is 5.32 Å². The number of esters is 1. The minimum absolute atomic E-state index is 0.0893. The van der Waals surface area contributed by atoms with Gasteiger partial charge in [0.25, 0.3) is 0 Å². The van der Waals surface area contributed by atoms with Crippen LogP contribution in [-0.2, 0) is 16.0 Å². The highest BCUT2D eigenvalue weighted by molar-refractivity contribution is 5.97. The number of anilines is 1. The predicted octanol–water partition coefficient (Wildman–Crippen LogP) is 6.64. The van der Waals surface area contributed by atoms with Gasteiger partial charge in [-0.2, -0.15) is 0 Å². The minimum Gasteiger partial charge on any atom is -0.497 e. The zero-order chi connectivity index (χ0) is 25.3. The lowest BCUT2D eigenvalue weighted by Crippen LogP contribution is -2.15. The fourth-order valence-corrected chi connectivity index (χ4v) is 3.84. The smallest absolute Gasteiger partial charge is 0.308 e. The number of benzene rings is 4. The van der Waals surface area contributed by atoms with E-state index in [9.17, 15) is 9.59 Å². The van der Waals surface area contributed by atoms with Crippen LogP contribution in [0.4, 0.5) is 5.69 Å². The second-order valence-electron chi connectivity index (χ2n) is 8.20. The van der Waals surface area contributed by atoms with E-state index in [4.69, 9.17) is 9.47 Å². The van der Waals surface area contributed by atoms with Gasteiger partial charge < -0.3 is 14.8 Å². The lowest BCUT2D eigenvalue weighted by atomic mass is 9.97. The van der Waals surface area contributed by atoms with Crippen molar-refractivity contribution in [3.63, 3.8) is 0 Å². The van der Waals surface area contributed by atoms with Gasteiger partial charge >= 0.3 is 5.97 Å². The molecule has 0 aliphatic rings. The number of amides is 1. The predicted molar refractivity (Wildman–Crippen MR) is 144 cm³/mol. The van der Waals surface area contributed by atoms with Gasteiger partial charge in [0, 0.05) is 18.2 Å². The number of hydrogen-bond acceptors (Lipinski definition) is 4. The van der Waals surface area contributed by atoms with E-state index in [1.165, 1.54) is 6.92 Å². The molecule has 0 radical (unpaired) electrons. The van der Waals surface area contributed by atoms with E-state index in [0.717, 1.165) is 39.3 Å². The molecule has 0 aliphatic carbocycles. The highest BCUT2D eigenvalue weighted by Crippen LogP contribution is 2.32. The normalized spacial score (nSPS) is 10.7. The van der Waals surface area contributed by atoms with Crippen LogP contribution in [0, 0.1) is 0 Å². The van der Waals surface area contributed by atoms with Gasteiger partial charge in [-0.3, -0.25) is 9.59 Å². The third-order valence-corrected chi connectivity index (χ3v) is 5.57. The number of nitrogens with one attached hydrogen (secondary N) is 1. The molecule has 180 valence electrons. The molecule has 0 spiro atoms. The Balaban J connectivity index is 1.54. The monoisotopic (exact) mass is 477 g/mol. The second-order valence-corrected chi connectivity index (χ2v) is 8.20. The maximum absolute atomic E-state index is 12.8. The van der Waals surface area contributed by atoms with Crippen molar-refractivity contribution in [1.29, 1.82) is 0 Å². The molecule has 0 aromatic heterocycles. The summed E-state index contributed by atoms with van der Waals surface area (Å²) in [6.45, 7) is 1.38. The van der Waals surface area contributed by atoms with Crippen molar-refractivity contribution in [3.8, 4) is 22.6 Å². The highest BCUT2D eigenvalue weighted by atomic mass is 16.5. The standard InChI is InChI=1S/C31H27NO4/c1-22(33)36-27-19-12-23(13-20-27)11-16-25-7-3-4-8-28(25)29-9-5-6-10-30(29)32-31(34)21-24-14-17-26(35-2)18-15-24/h3-20H,21H2,1-2H3,(H,32,34). The van der Waals surface area contributed by atoms with Crippen LogP contribution >= 0.6 is 0 Å². The van der Waals surface area contributed by atoms with Gasteiger partial charge in [-0.25, -0.2) is 0 Å². The van der Waals surface area contributed by atoms with Crippen molar-refractivity contribution >= 4 is 29.7 Å². The van der Waals surface area contributed by atoms with Crippen molar-refractivity contribution in [2.75, 3.05) is 12.4 Å². The number of methoxy groups -OCH3 is 1. The average Bonchev–Trinajstić information content (AvgIpc) is 2.89. The summed E-state index contributed by atoms with van der Waals surface area (Å²) in [6.07, 6.45) is 4.30. The Kier molecular flexibility index (Phi) is 7.94. The van der Waals surface area contributed by atoms with Crippen molar-refractivity contribution in [2.24, 2.45) is 0 Å². The molecule has 4 rings (SSSR count). The molecule has 0 unspecified atom stereocenters. The summed E-state index contributed by atoms with van der Waals surface area (Å²) in [6, 6.07) is 30.6. The molecule has 4 aromatic rings. The Labute approximate surface area is 211 Å². The molecular formula is C31H27NO4. The molecule has 5 nitrogen and oxygen atoms in total. The summed E-state index contributed by atoms with van der Waals surface area (Å²) in [5.41, 5.74) is 5.59. The molecular weight excluding hydrogens is 450 g/mol. The zero-order valence-electron chi connectivity index (χ0n) is 20.2. The van der Waals surface area contributed by atoms with Crippen molar-refractivity contribution in [2.45, 2.75) is 13.3 Å². The molecule has 0 saturated heterocycles. The van der Waals surface area contributed by atoms with E-state index in [1.807, 2.05) is 97.1 Å².